The van der Waals surface area contributed by atoms with Gasteiger partial charge in [-0.05, 0) is 42.7 Å². The van der Waals surface area contributed by atoms with Gasteiger partial charge in [-0.25, -0.2) is 0 Å². The summed E-state index contributed by atoms with van der Waals surface area (Å²) in [5, 5.41) is 0. The van der Waals surface area contributed by atoms with Crippen LogP contribution in [0.5, 0.6) is 0 Å². The number of esters is 1. The van der Waals surface area contributed by atoms with Crippen LogP contribution in [-0.2, 0) is 16.0 Å². The van der Waals surface area contributed by atoms with Crippen LogP contribution in [0.1, 0.15) is 44.2 Å². The number of hydrogen-bond acceptors (Lipinski definition) is 3. The zero-order valence-corrected chi connectivity index (χ0v) is 12.7. The van der Waals surface area contributed by atoms with E-state index in [2.05, 4.69) is 38.1 Å². The van der Waals surface area contributed by atoms with E-state index in [0.29, 0.717) is 19.1 Å². The molecule has 2 unspecified atom stereocenters. The Morgan fingerprint density at radius 2 is 2.15 bits per heavy atom. The monoisotopic (exact) mass is 275 g/mol. The van der Waals surface area contributed by atoms with Gasteiger partial charge in [0.05, 0.1) is 12.0 Å². The molecule has 1 aliphatic carbocycles. The normalized spacial score (nSPS) is 19.9. The van der Waals surface area contributed by atoms with Crippen molar-refractivity contribution in [1.29, 1.82) is 0 Å². The van der Waals surface area contributed by atoms with Crippen LogP contribution in [0.4, 0.5) is 0 Å². The molecule has 0 amide bonds. The standard InChI is InChI=1S/C17H25NO2/c1-4-20-16(19)17(11-18,12(2)3)10-14-9-13-7-5-6-8-15(13)14/h5-8,12,14H,4,9-11,18H2,1-3H3. The van der Waals surface area contributed by atoms with Crippen LogP contribution >= 0.6 is 0 Å². The number of hydrogen-bond donors (Lipinski definition) is 1. The second kappa shape index (κ2) is 5.96. The molecule has 20 heavy (non-hydrogen) atoms. The maximum atomic E-state index is 12.4. The van der Waals surface area contributed by atoms with Crippen molar-refractivity contribution in [2.24, 2.45) is 17.1 Å². The number of carbonyl (C=O) groups excluding carboxylic acids is 1. The van der Waals surface area contributed by atoms with E-state index < -0.39 is 5.41 Å². The first-order chi connectivity index (χ1) is 9.55. The molecule has 0 saturated heterocycles. The predicted octanol–water partition coefficient (Wildman–Crippen LogP) is 2.88. The maximum Gasteiger partial charge on any atom is 0.313 e. The minimum atomic E-state index is -0.561. The zero-order chi connectivity index (χ0) is 14.8. The first-order valence-corrected chi connectivity index (χ1v) is 7.50. The van der Waals surface area contributed by atoms with Crippen LogP contribution in [-0.4, -0.2) is 19.1 Å². The molecule has 0 saturated carbocycles. The summed E-state index contributed by atoms with van der Waals surface area (Å²) in [5.74, 6) is 0.475. The van der Waals surface area contributed by atoms with Crippen molar-refractivity contribution in [1.82, 2.24) is 0 Å². The SMILES string of the molecule is CCOC(=O)C(CN)(CC1Cc2ccccc21)C(C)C. The minimum Gasteiger partial charge on any atom is -0.466 e. The molecule has 2 atom stereocenters. The van der Waals surface area contributed by atoms with E-state index in [1.54, 1.807) is 0 Å². The molecule has 2 rings (SSSR count). The zero-order valence-electron chi connectivity index (χ0n) is 12.7. The Morgan fingerprint density at radius 1 is 1.45 bits per heavy atom. The van der Waals surface area contributed by atoms with Gasteiger partial charge in [-0.1, -0.05) is 38.1 Å². The van der Waals surface area contributed by atoms with Crippen LogP contribution < -0.4 is 5.73 Å². The molecule has 0 spiro atoms. The minimum absolute atomic E-state index is 0.137. The van der Waals surface area contributed by atoms with Crippen molar-refractivity contribution in [3.05, 3.63) is 35.4 Å². The predicted molar refractivity (Wildman–Crippen MR) is 80.5 cm³/mol. The van der Waals surface area contributed by atoms with E-state index in [1.807, 2.05) is 6.92 Å². The molecule has 3 heteroatoms. The molecule has 1 aromatic rings. The lowest BCUT2D eigenvalue weighted by atomic mass is 9.64. The van der Waals surface area contributed by atoms with E-state index in [0.717, 1.165) is 12.8 Å². The highest BCUT2D eigenvalue weighted by molar-refractivity contribution is 5.77. The van der Waals surface area contributed by atoms with Gasteiger partial charge in [0.1, 0.15) is 0 Å². The Bertz CT molecular complexity index is 484. The Morgan fingerprint density at radius 3 is 2.70 bits per heavy atom. The number of fused-ring (bicyclic) bond motifs is 1. The van der Waals surface area contributed by atoms with Crippen LogP contribution in [0.3, 0.4) is 0 Å². The van der Waals surface area contributed by atoms with Crippen LogP contribution in [0, 0.1) is 11.3 Å². The van der Waals surface area contributed by atoms with Gasteiger partial charge in [0, 0.05) is 6.54 Å². The Hall–Kier alpha value is -1.35. The largest absolute Gasteiger partial charge is 0.466 e. The molecule has 2 N–H and O–H groups in total. The number of carbonyl (C=O) groups is 1. The molecule has 0 heterocycles. The third-order valence-electron chi connectivity index (χ3n) is 4.72. The van der Waals surface area contributed by atoms with E-state index in [-0.39, 0.29) is 11.9 Å². The average molecular weight is 275 g/mol. The third-order valence-corrected chi connectivity index (χ3v) is 4.72. The fourth-order valence-electron chi connectivity index (χ4n) is 3.22. The Balaban J connectivity index is 2.20. The number of rotatable bonds is 6. The first-order valence-electron chi connectivity index (χ1n) is 7.50. The molecular weight excluding hydrogens is 250 g/mol. The lowest BCUT2D eigenvalue weighted by Crippen LogP contribution is -2.46. The molecule has 0 aromatic heterocycles. The summed E-state index contributed by atoms with van der Waals surface area (Å²) >= 11 is 0. The lowest BCUT2D eigenvalue weighted by Gasteiger charge is -2.40. The van der Waals surface area contributed by atoms with Crippen molar-refractivity contribution >= 4 is 5.97 Å². The smallest absolute Gasteiger partial charge is 0.313 e. The van der Waals surface area contributed by atoms with Crippen molar-refractivity contribution in [3.8, 4) is 0 Å². The molecule has 3 nitrogen and oxygen atoms in total. The van der Waals surface area contributed by atoms with E-state index in [4.69, 9.17) is 10.5 Å². The first kappa shape index (κ1) is 15.0. The summed E-state index contributed by atoms with van der Waals surface area (Å²) in [4.78, 5) is 12.4. The van der Waals surface area contributed by atoms with Gasteiger partial charge in [-0.15, -0.1) is 0 Å². The van der Waals surface area contributed by atoms with Crippen molar-refractivity contribution < 1.29 is 9.53 Å². The van der Waals surface area contributed by atoms with E-state index >= 15 is 0 Å². The molecule has 0 bridgehead atoms. The van der Waals surface area contributed by atoms with Gasteiger partial charge in [0.25, 0.3) is 0 Å². The molecule has 110 valence electrons. The van der Waals surface area contributed by atoms with Gasteiger partial charge in [0.2, 0.25) is 0 Å². The van der Waals surface area contributed by atoms with Crippen molar-refractivity contribution in [2.75, 3.05) is 13.2 Å². The fourth-order valence-corrected chi connectivity index (χ4v) is 3.22. The average Bonchev–Trinajstić information content (AvgIpc) is 2.40. The van der Waals surface area contributed by atoms with Gasteiger partial charge < -0.3 is 10.5 Å². The molecule has 0 fully saturated rings. The van der Waals surface area contributed by atoms with Crippen molar-refractivity contribution in [2.45, 2.75) is 39.5 Å². The van der Waals surface area contributed by atoms with Gasteiger partial charge in [-0.2, -0.15) is 0 Å². The number of ether oxygens (including phenoxy) is 1. The summed E-state index contributed by atoms with van der Waals surface area (Å²) < 4.78 is 5.30. The molecule has 1 aromatic carbocycles. The van der Waals surface area contributed by atoms with Gasteiger partial charge in [-0.3, -0.25) is 4.79 Å². The highest BCUT2D eigenvalue weighted by atomic mass is 16.5. The molecule has 0 aliphatic heterocycles. The molecule has 0 radical (unpaired) electrons. The molecular formula is C17H25NO2. The second-order valence-corrected chi connectivity index (χ2v) is 6.04. The van der Waals surface area contributed by atoms with E-state index in [9.17, 15) is 4.79 Å². The van der Waals surface area contributed by atoms with Crippen LogP contribution in [0.15, 0.2) is 24.3 Å². The second-order valence-electron chi connectivity index (χ2n) is 6.04. The van der Waals surface area contributed by atoms with Crippen LogP contribution in [0.2, 0.25) is 0 Å². The number of nitrogens with two attached hydrogens (primary N) is 1. The maximum absolute atomic E-state index is 12.4. The van der Waals surface area contributed by atoms with Gasteiger partial charge in [0.15, 0.2) is 0 Å². The number of benzene rings is 1. The topological polar surface area (TPSA) is 52.3 Å². The van der Waals surface area contributed by atoms with Gasteiger partial charge >= 0.3 is 5.97 Å². The van der Waals surface area contributed by atoms with Crippen LogP contribution in [0.25, 0.3) is 0 Å². The lowest BCUT2D eigenvalue weighted by molar-refractivity contribution is -0.158. The van der Waals surface area contributed by atoms with E-state index in [1.165, 1.54) is 11.1 Å². The summed E-state index contributed by atoms with van der Waals surface area (Å²) in [7, 11) is 0. The Labute approximate surface area is 121 Å². The fraction of sp³-hybridized carbons (Fsp3) is 0.588. The summed E-state index contributed by atoms with van der Waals surface area (Å²) in [6.45, 7) is 6.73. The Kier molecular flexibility index (Phi) is 4.48. The third kappa shape index (κ3) is 2.47. The quantitative estimate of drug-likeness (QED) is 0.812. The summed E-state index contributed by atoms with van der Waals surface area (Å²) in [6, 6.07) is 8.46. The molecule has 1 aliphatic rings. The van der Waals surface area contributed by atoms with Crippen molar-refractivity contribution in [3.63, 3.8) is 0 Å². The summed E-state index contributed by atoms with van der Waals surface area (Å²) in [6.07, 6.45) is 1.83. The highest BCUT2D eigenvalue weighted by Crippen LogP contribution is 2.45. The highest BCUT2D eigenvalue weighted by Gasteiger charge is 2.45. The summed E-state index contributed by atoms with van der Waals surface area (Å²) in [5.41, 5.74) is 8.19.